The Morgan fingerprint density at radius 3 is 2.79 bits per heavy atom. The summed E-state index contributed by atoms with van der Waals surface area (Å²) in [5.41, 5.74) is 3.76. The van der Waals surface area contributed by atoms with E-state index in [1.807, 2.05) is 18.2 Å². The van der Waals surface area contributed by atoms with Crippen LogP contribution in [0, 0.1) is 5.92 Å². The van der Waals surface area contributed by atoms with Crippen LogP contribution in [-0.2, 0) is 26.1 Å². The number of ether oxygens (including phenoxy) is 3. The average molecular weight is 484 g/mol. The van der Waals surface area contributed by atoms with Gasteiger partial charge in [0.2, 0.25) is 0 Å². The summed E-state index contributed by atoms with van der Waals surface area (Å²) in [6, 6.07) is 11.7. The maximum absolute atomic E-state index is 12.3. The second-order valence-electron chi connectivity index (χ2n) is 9.76. The Hall–Kier alpha value is -2.73. The molecule has 6 nitrogen and oxygen atoms in total. The number of nitrogens with zero attached hydrogens (tertiary/aromatic N) is 1. The second-order valence-corrected chi connectivity index (χ2v) is 10.2. The van der Waals surface area contributed by atoms with Crippen molar-refractivity contribution in [1.82, 2.24) is 0 Å². The lowest BCUT2D eigenvalue weighted by Crippen LogP contribution is -2.49. The van der Waals surface area contributed by atoms with Gasteiger partial charge in [-0.3, -0.25) is 4.79 Å². The van der Waals surface area contributed by atoms with Crippen molar-refractivity contribution in [2.24, 2.45) is 5.92 Å². The molecule has 7 heteroatoms. The quantitative estimate of drug-likeness (QED) is 0.574. The van der Waals surface area contributed by atoms with Crippen LogP contribution in [0.1, 0.15) is 54.1 Å². The number of anilines is 1. The van der Waals surface area contributed by atoms with Gasteiger partial charge < -0.3 is 19.1 Å². The van der Waals surface area contributed by atoms with Gasteiger partial charge in [0.05, 0.1) is 25.0 Å². The van der Waals surface area contributed by atoms with Gasteiger partial charge in [0.1, 0.15) is 11.9 Å². The molecule has 34 heavy (non-hydrogen) atoms. The molecular formula is C27H30ClNO5. The zero-order valence-corrected chi connectivity index (χ0v) is 20.4. The van der Waals surface area contributed by atoms with Gasteiger partial charge in [0.25, 0.3) is 0 Å². The number of rotatable bonds is 4. The van der Waals surface area contributed by atoms with E-state index in [0.29, 0.717) is 12.2 Å². The molecule has 1 unspecified atom stereocenters. The number of hydrogen-bond acceptors (Lipinski definition) is 6. The summed E-state index contributed by atoms with van der Waals surface area (Å²) in [6.45, 7) is 3.50. The summed E-state index contributed by atoms with van der Waals surface area (Å²) in [6.07, 6.45) is 4.90. The van der Waals surface area contributed by atoms with E-state index in [1.165, 1.54) is 25.2 Å². The fraction of sp³-hybridized carbons (Fsp3) is 0.481. The maximum atomic E-state index is 12.3. The Labute approximate surface area is 205 Å². The molecule has 0 bridgehead atoms. The summed E-state index contributed by atoms with van der Waals surface area (Å²) < 4.78 is 17.0. The van der Waals surface area contributed by atoms with Gasteiger partial charge in [-0.1, -0.05) is 17.7 Å². The number of carbonyl (C=O) groups excluding carboxylic acids is 2. The molecule has 2 aromatic rings. The van der Waals surface area contributed by atoms with Crippen LogP contribution in [0.15, 0.2) is 36.4 Å². The van der Waals surface area contributed by atoms with Crippen LogP contribution in [0.3, 0.4) is 0 Å². The van der Waals surface area contributed by atoms with Gasteiger partial charge in [-0.25, -0.2) is 4.79 Å². The van der Waals surface area contributed by atoms with Gasteiger partial charge >= 0.3 is 11.9 Å². The Kier molecular flexibility index (Phi) is 6.19. The van der Waals surface area contributed by atoms with Crippen LogP contribution < -0.4 is 9.64 Å². The molecule has 0 aromatic heterocycles. The molecule has 2 aliphatic carbocycles. The van der Waals surface area contributed by atoms with Crippen LogP contribution in [0.2, 0.25) is 5.02 Å². The molecule has 180 valence electrons. The number of esters is 2. The maximum Gasteiger partial charge on any atom is 0.337 e. The Morgan fingerprint density at radius 1 is 1.21 bits per heavy atom. The fourth-order valence-electron chi connectivity index (χ4n) is 5.76. The number of aryl methyl sites for hydroxylation is 1. The highest BCUT2D eigenvalue weighted by Crippen LogP contribution is 2.45. The molecule has 1 spiro atoms. The van der Waals surface area contributed by atoms with Crippen LogP contribution in [0.25, 0.3) is 0 Å². The second kappa shape index (κ2) is 9.14. The Bertz CT molecular complexity index is 1120. The number of carbonyl (C=O) groups is 2. The minimum absolute atomic E-state index is 0.0673. The lowest BCUT2D eigenvalue weighted by molar-refractivity contribution is -0.154. The van der Waals surface area contributed by atoms with E-state index >= 15 is 0 Å². The Balaban J connectivity index is 1.53. The number of halogens is 1. The van der Waals surface area contributed by atoms with Crippen molar-refractivity contribution in [1.29, 1.82) is 0 Å². The predicted molar refractivity (Wildman–Crippen MR) is 130 cm³/mol. The largest absolute Gasteiger partial charge is 0.490 e. The van der Waals surface area contributed by atoms with E-state index in [1.54, 1.807) is 6.07 Å². The fourth-order valence-corrected chi connectivity index (χ4v) is 5.95. The van der Waals surface area contributed by atoms with E-state index in [9.17, 15) is 9.59 Å². The van der Waals surface area contributed by atoms with Crippen molar-refractivity contribution in [2.75, 3.05) is 31.7 Å². The standard InChI is InChI=1S/C27H30ClNO5/c1-17(30)34-24-9-6-20(24)14-29-15-27(11-3-4-18-12-21(28)7-8-22(18)27)16-33-25-10-5-19(13-23(25)29)26(31)32-2/h5,7-8,10,12-13,20,24H,3-4,6,9,11,14-16H2,1-2H3/t20-,24+,27?/m0/s1. The highest BCUT2D eigenvalue weighted by Gasteiger charge is 2.44. The topological polar surface area (TPSA) is 65.1 Å². The first kappa shape index (κ1) is 23.0. The van der Waals surface area contributed by atoms with Gasteiger partial charge in [-0.05, 0) is 73.6 Å². The minimum atomic E-state index is -0.374. The van der Waals surface area contributed by atoms with E-state index in [-0.39, 0.29) is 29.4 Å². The molecule has 5 rings (SSSR count). The molecule has 3 atom stereocenters. The summed E-state index contributed by atoms with van der Waals surface area (Å²) in [4.78, 5) is 26.2. The zero-order valence-electron chi connectivity index (χ0n) is 19.6. The van der Waals surface area contributed by atoms with Crippen LogP contribution in [0.5, 0.6) is 5.75 Å². The lowest BCUT2D eigenvalue weighted by Gasteiger charge is -2.44. The third-order valence-corrected chi connectivity index (χ3v) is 7.81. The van der Waals surface area contributed by atoms with E-state index in [4.69, 9.17) is 25.8 Å². The Morgan fingerprint density at radius 2 is 2.06 bits per heavy atom. The third kappa shape index (κ3) is 4.24. The molecule has 2 aromatic carbocycles. The molecule has 0 N–H and O–H groups in total. The first-order valence-corrected chi connectivity index (χ1v) is 12.3. The third-order valence-electron chi connectivity index (χ3n) is 7.58. The molecule has 3 aliphatic rings. The summed E-state index contributed by atoms with van der Waals surface area (Å²) in [5.74, 6) is 0.383. The van der Waals surface area contributed by atoms with Crippen LogP contribution in [-0.4, -0.2) is 44.8 Å². The SMILES string of the molecule is COC(=O)c1ccc2c(c1)N(C[C@@H]1CC[C@H]1OC(C)=O)CC1(CCCc3cc(Cl)ccc31)CO2. The number of hydrogen-bond donors (Lipinski definition) is 0. The van der Waals surface area contributed by atoms with Crippen molar-refractivity contribution in [3.05, 3.63) is 58.1 Å². The van der Waals surface area contributed by atoms with Crippen molar-refractivity contribution in [3.8, 4) is 5.75 Å². The van der Waals surface area contributed by atoms with Crippen molar-refractivity contribution >= 4 is 29.2 Å². The molecule has 0 saturated heterocycles. The molecule has 1 aliphatic heterocycles. The van der Waals surface area contributed by atoms with E-state index < -0.39 is 0 Å². The van der Waals surface area contributed by atoms with Gasteiger partial charge in [-0.15, -0.1) is 0 Å². The normalized spacial score (nSPS) is 25.3. The summed E-state index contributed by atoms with van der Waals surface area (Å²) in [5, 5.41) is 0.756. The minimum Gasteiger partial charge on any atom is -0.490 e. The highest BCUT2D eigenvalue weighted by atomic mass is 35.5. The monoisotopic (exact) mass is 483 g/mol. The smallest absolute Gasteiger partial charge is 0.337 e. The van der Waals surface area contributed by atoms with E-state index in [2.05, 4.69) is 17.0 Å². The highest BCUT2D eigenvalue weighted by molar-refractivity contribution is 6.30. The average Bonchev–Trinajstić information content (AvgIpc) is 2.97. The molecule has 0 amide bonds. The summed E-state index contributed by atoms with van der Waals surface area (Å²) in [7, 11) is 1.39. The number of fused-ring (bicyclic) bond motifs is 3. The number of benzene rings is 2. The van der Waals surface area contributed by atoms with E-state index in [0.717, 1.165) is 61.7 Å². The van der Waals surface area contributed by atoms with Gasteiger partial charge in [0.15, 0.2) is 0 Å². The molecular weight excluding hydrogens is 454 g/mol. The molecule has 1 fully saturated rings. The van der Waals surface area contributed by atoms with Crippen LogP contribution in [0.4, 0.5) is 5.69 Å². The zero-order chi connectivity index (χ0) is 23.9. The predicted octanol–water partition coefficient (Wildman–Crippen LogP) is 4.94. The lowest BCUT2D eigenvalue weighted by atomic mass is 9.70. The van der Waals surface area contributed by atoms with Gasteiger partial charge in [0, 0.05) is 36.4 Å². The van der Waals surface area contributed by atoms with Crippen molar-refractivity contribution < 1.29 is 23.8 Å². The van der Waals surface area contributed by atoms with Gasteiger partial charge in [-0.2, -0.15) is 0 Å². The summed E-state index contributed by atoms with van der Waals surface area (Å²) >= 11 is 6.32. The number of methoxy groups -OCH3 is 1. The molecule has 1 heterocycles. The van der Waals surface area contributed by atoms with Crippen molar-refractivity contribution in [2.45, 2.75) is 50.5 Å². The van der Waals surface area contributed by atoms with Crippen molar-refractivity contribution in [3.63, 3.8) is 0 Å². The molecule has 0 radical (unpaired) electrons. The first-order chi connectivity index (χ1) is 16.4. The van der Waals surface area contributed by atoms with Crippen LogP contribution >= 0.6 is 11.6 Å². The first-order valence-electron chi connectivity index (χ1n) is 11.9. The molecule has 1 saturated carbocycles.